The van der Waals surface area contributed by atoms with E-state index in [2.05, 4.69) is 17.2 Å². The summed E-state index contributed by atoms with van der Waals surface area (Å²) in [6.45, 7) is 2.88. The van der Waals surface area contributed by atoms with Crippen molar-refractivity contribution in [2.24, 2.45) is 16.5 Å². The van der Waals surface area contributed by atoms with Crippen LogP contribution in [0.15, 0.2) is 16.8 Å². The number of nitrogens with one attached hydrogen (secondary N) is 1. The van der Waals surface area contributed by atoms with Crippen LogP contribution >= 0.6 is 0 Å². The van der Waals surface area contributed by atoms with Crippen LogP contribution in [0.5, 0.6) is 0 Å². The number of carboxylic acids is 1. The van der Waals surface area contributed by atoms with E-state index >= 15 is 0 Å². The Morgan fingerprint density at radius 2 is 1.58 bits per heavy atom. The number of hydrogen-bond donors (Lipinski definition) is 6. The van der Waals surface area contributed by atoms with Crippen LogP contribution in [-0.2, 0) is 23.9 Å². The lowest BCUT2D eigenvalue weighted by Gasteiger charge is -2.38. The van der Waals surface area contributed by atoms with Gasteiger partial charge in [-0.25, -0.2) is 9.79 Å². The maximum atomic E-state index is 12.1. The third kappa shape index (κ3) is 13.1. The molecule has 1 amide bonds. The summed E-state index contributed by atoms with van der Waals surface area (Å²) >= 11 is 0. The van der Waals surface area contributed by atoms with E-state index in [1.165, 1.54) is 51.9 Å². The van der Waals surface area contributed by atoms with Gasteiger partial charge in [-0.15, -0.1) is 0 Å². The fourth-order valence-electron chi connectivity index (χ4n) is 4.31. The van der Waals surface area contributed by atoms with Gasteiger partial charge in [0.15, 0.2) is 5.96 Å². The molecule has 0 spiro atoms. The van der Waals surface area contributed by atoms with Crippen molar-refractivity contribution < 1.29 is 39.2 Å². The number of hydrogen-bond acceptors (Lipinski definition) is 8. The van der Waals surface area contributed by atoms with Gasteiger partial charge in [0.2, 0.25) is 11.7 Å². The summed E-state index contributed by atoms with van der Waals surface area (Å²) < 4.78 is 10.5. The number of nitrogens with two attached hydrogens (primary N) is 2. The predicted molar refractivity (Wildman–Crippen MR) is 142 cm³/mol. The maximum Gasteiger partial charge on any atom is 0.370 e. The Morgan fingerprint density at radius 3 is 2.08 bits per heavy atom. The quantitative estimate of drug-likeness (QED) is 0.0599. The van der Waals surface area contributed by atoms with Gasteiger partial charge in [0.25, 0.3) is 0 Å². The highest BCUT2D eigenvalue weighted by molar-refractivity contribution is 5.85. The summed E-state index contributed by atoms with van der Waals surface area (Å²) in [4.78, 5) is 39.2. The zero-order valence-electron chi connectivity index (χ0n) is 22.6. The lowest BCUT2D eigenvalue weighted by atomic mass is 9.92. The van der Waals surface area contributed by atoms with E-state index in [0.717, 1.165) is 25.3 Å². The summed E-state index contributed by atoms with van der Waals surface area (Å²) in [6, 6.07) is -2.19. The highest BCUT2D eigenvalue weighted by Gasteiger charge is 2.44. The van der Waals surface area contributed by atoms with Crippen LogP contribution in [0.1, 0.15) is 90.9 Å². The number of aliphatic hydroxyl groups is 2. The van der Waals surface area contributed by atoms with Crippen LogP contribution in [0.25, 0.3) is 0 Å². The number of aliphatic hydroxyl groups excluding tert-OH is 2. The molecule has 0 aromatic heterocycles. The molecule has 5 atom stereocenters. The second kappa shape index (κ2) is 18.4. The molecular formula is C26H46N4O8. The largest absolute Gasteiger partial charge is 0.478 e. The number of guanidine groups is 1. The topological polar surface area (TPSA) is 207 Å². The third-order valence-electron chi connectivity index (χ3n) is 6.32. The molecule has 0 bridgehead atoms. The summed E-state index contributed by atoms with van der Waals surface area (Å²) in [5, 5.41) is 33.1. The smallest absolute Gasteiger partial charge is 0.370 e. The Kier molecular flexibility index (Phi) is 16.1. The highest BCUT2D eigenvalue weighted by Crippen LogP contribution is 2.25. The number of aliphatic imine (C=N–C) groups is 1. The van der Waals surface area contributed by atoms with Gasteiger partial charge in [-0.2, -0.15) is 0 Å². The SMILES string of the molecule is CCCCCCCCCCCCCC(=O)OC[C@@H](O)[C@@H](O)[C@@H]1OC(C(=O)O)=C[C@H](N=C(N)N)[C@H]1NC(C)=O. The van der Waals surface area contributed by atoms with Crippen molar-refractivity contribution >= 4 is 23.8 Å². The van der Waals surface area contributed by atoms with Crippen molar-refractivity contribution in [2.45, 2.75) is 121 Å². The maximum absolute atomic E-state index is 12.1. The van der Waals surface area contributed by atoms with E-state index in [0.29, 0.717) is 6.42 Å². The first kappa shape index (κ1) is 33.2. The summed E-state index contributed by atoms with van der Waals surface area (Å²) in [7, 11) is 0. The molecule has 218 valence electrons. The van der Waals surface area contributed by atoms with E-state index in [1.807, 2.05) is 0 Å². The first-order valence-corrected chi connectivity index (χ1v) is 13.6. The second-order valence-corrected chi connectivity index (χ2v) is 9.72. The van der Waals surface area contributed by atoms with E-state index < -0.39 is 60.6 Å². The van der Waals surface area contributed by atoms with Gasteiger partial charge >= 0.3 is 11.9 Å². The minimum absolute atomic E-state index is 0.187. The van der Waals surface area contributed by atoms with Gasteiger partial charge in [-0.05, 0) is 12.5 Å². The Labute approximate surface area is 224 Å². The van der Waals surface area contributed by atoms with Crippen LogP contribution in [0.4, 0.5) is 0 Å². The number of rotatable bonds is 19. The molecule has 0 aromatic rings. The monoisotopic (exact) mass is 542 g/mol. The zero-order valence-corrected chi connectivity index (χ0v) is 22.6. The number of aliphatic carboxylic acids is 1. The number of ether oxygens (including phenoxy) is 2. The van der Waals surface area contributed by atoms with Gasteiger partial charge in [0.1, 0.15) is 24.9 Å². The Bertz CT molecular complexity index is 800. The van der Waals surface area contributed by atoms with Crippen molar-refractivity contribution in [2.75, 3.05) is 6.61 Å². The number of nitrogens with zero attached hydrogens (tertiary/aromatic N) is 1. The van der Waals surface area contributed by atoms with Crippen molar-refractivity contribution in [3.8, 4) is 0 Å². The van der Waals surface area contributed by atoms with E-state index in [-0.39, 0.29) is 12.4 Å². The Balaban J connectivity index is 2.50. The number of amides is 1. The second-order valence-electron chi connectivity index (χ2n) is 9.72. The molecule has 0 fully saturated rings. The molecule has 0 radical (unpaired) electrons. The van der Waals surface area contributed by atoms with Crippen LogP contribution in [-0.4, -0.2) is 76.1 Å². The van der Waals surface area contributed by atoms with Gasteiger partial charge in [0.05, 0.1) is 12.1 Å². The lowest BCUT2D eigenvalue weighted by Crippen LogP contribution is -2.60. The molecule has 0 saturated heterocycles. The molecule has 0 unspecified atom stereocenters. The molecule has 0 saturated carbocycles. The van der Waals surface area contributed by atoms with Gasteiger partial charge in [0, 0.05) is 13.3 Å². The van der Waals surface area contributed by atoms with Crippen LogP contribution in [0, 0.1) is 0 Å². The number of unbranched alkanes of at least 4 members (excludes halogenated alkanes) is 10. The minimum Gasteiger partial charge on any atom is -0.478 e. The summed E-state index contributed by atoms with van der Waals surface area (Å²) in [5.41, 5.74) is 10.9. The van der Waals surface area contributed by atoms with Gasteiger partial charge in [-0.1, -0.05) is 71.1 Å². The highest BCUT2D eigenvalue weighted by atomic mass is 16.6. The predicted octanol–water partition coefficient (Wildman–Crippen LogP) is 1.47. The van der Waals surface area contributed by atoms with Crippen LogP contribution < -0.4 is 16.8 Å². The van der Waals surface area contributed by atoms with Crippen molar-refractivity contribution in [1.29, 1.82) is 0 Å². The molecule has 12 nitrogen and oxygen atoms in total. The molecule has 8 N–H and O–H groups in total. The van der Waals surface area contributed by atoms with Crippen molar-refractivity contribution in [3.05, 3.63) is 11.8 Å². The molecule has 0 aromatic carbocycles. The number of carbonyl (C=O) groups is 3. The first-order valence-electron chi connectivity index (χ1n) is 13.6. The molecule has 1 aliphatic rings. The standard InChI is InChI=1S/C26H46N4O8/c1-3-4-5-6-7-8-9-10-11-12-13-14-21(33)37-16-19(32)23(34)24-22(29-17(2)31)18(30-26(27)28)15-20(38-24)25(35)36/h15,18-19,22-24,32,34H,3-14,16H2,1-2H3,(H,29,31)(H,35,36)(H4,27,28,30)/t18-,19+,22+,23+,24+/m0/s1. The molecule has 0 aliphatic carbocycles. The fraction of sp³-hybridized carbons (Fsp3) is 0.769. The van der Waals surface area contributed by atoms with Crippen molar-refractivity contribution in [3.63, 3.8) is 0 Å². The summed E-state index contributed by atoms with van der Waals surface area (Å²) in [6.07, 6.45) is 9.13. The normalized spacial score (nSPS) is 20.4. The lowest BCUT2D eigenvalue weighted by molar-refractivity contribution is -0.156. The zero-order chi connectivity index (χ0) is 28.5. The molecule has 12 heteroatoms. The van der Waals surface area contributed by atoms with Gasteiger partial charge < -0.3 is 41.6 Å². The number of esters is 1. The van der Waals surface area contributed by atoms with Crippen LogP contribution in [0.3, 0.4) is 0 Å². The third-order valence-corrected chi connectivity index (χ3v) is 6.32. The average Bonchev–Trinajstić information content (AvgIpc) is 2.85. The Hall–Kier alpha value is -2.86. The first-order chi connectivity index (χ1) is 18.1. The van der Waals surface area contributed by atoms with Crippen LogP contribution in [0.2, 0.25) is 0 Å². The molecular weight excluding hydrogens is 496 g/mol. The number of carbonyl (C=O) groups excluding carboxylic acids is 2. The van der Waals surface area contributed by atoms with Crippen molar-refractivity contribution in [1.82, 2.24) is 5.32 Å². The summed E-state index contributed by atoms with van der Waals surface area (Å²) in [5.74, 6) is -3.43. The van der Waals surface area contributed by atoms with E-state index in [1.54, 1.807) is 0 Å². The van der Waals surface area contributed by atoms with Gasteiger partial charge in [-0.3, -0.25) is 9.59 Å². The fourth-order valence-corrected chi connectivity index (χ4v) is 4.31. The molecule has 1 rings (SSSR count). The molecule has 1 heterocycles. The Morgan fingerprint density at radius 1 is 1.03 bits per heavy atom. The van der Waals surface area contributed by atoms with E-state index in [4.69, 9.17) is 20.9 Å². The molecule has 1 aliphatic heterocycles. The molecule has 38 heavy (non-hydrogen) atoms. The van der Waals surface area contributed by atoms with E-state index in [9.17, 15) is 29.7 Å². The average molecular weight is 543 g/mol. The minimum atomic E-state index is -1.73. The number of carboxylic acid groups (broad SMARTS) is 1.